The zero-order valence-electron chi connectivity index (χ0n) is 7.90. The van der Waals surface area contributed by atoms with Crippen molar-refractivity contribution in [2.45, 2.75) is 6.42 Å². The number of nitrogens with two attached hydrogens (primary N) is 1. The molecule has 1 aromatic rings. The van der Waals surface area contributed by atoms with Gasteiger partial charge >= 0.3 is 0 Å². The summed E-state index contributed by atoms with van der Waals surface area (Å²) in [7, 11) is 1.58. The van der Waals surface area contributed by atoms with Crippen molar-refractivity contribution in [3.63, 3.8) is 0 Å². The number of hydrazone groups is 1. The van der Waals surface area contributed by atoms with Crippen LogP contribution in [-0.4, -0.2) is 13.3 Å². The number of hydrogen-bond acceptors (Lipinski definition) is 4. The summed E-state index contributed by atoms with van der Waals surface area (Å²) in [6.07, 6.45) is 1.84. The molecule has 2 N–H and O–H groups in total. The van der Waals surface area contributed by atoms with E-state index < -0.39 is 0 Å². The highest BCUT2D eigenvalue weighted by atomic mass is 16.5. The largest absolute Gasteiger partial charge is 0.496 e. The topological polar surface area (TPSA) is 71.4 Å². The van der Waals surface area contributed by atoms with Crippen molar-refractivity contribution in [2.75, 3.05) is 7.11 Å². The van der Waals surface area contributed by atoms with Crippen LogP contribution in [0.25, 0.3) is 0 Å². The lowest BCUT2D eigenvalue weighted by atomic mass is 10.1. The summed E-state index contributed by atoms with van der Waals surface area (Å²) in [4.78, 5) is 0. The molecule has 4 nitrogen and oxygen atoms in total. The standard InChI is InChI=1S/C10H11N3O/c1-14-10-3-2-8(7-13-12)6-9(10)4-5-11/h2-3,6-7H,4,12H2,1H3. The number of rotatable bonds is 3. The number of nitrogens with zero attached hydrogens (tertiary/aromatic N) is 2. The molecule has 0 aliphatic rings. The Morgan fingerprint density at radius 1 is 1.64 bits per heavy atom. The predicted molar refractivity (Wildman–Crippen MR) is 54.1 cm³/mol. The van der Waals surface area contributed by atoms with Crippen molar-refractivity contribution in [1.29, 1.82) is 5.26 Å². The van der Waals surface area contributed by atoms with E-state index in [0.717, 1.165) is 11.1 Å². The first-order valence-electron chi connectivity index (χ1n) is 4.09. The maximum Gasteiger partial charge on any atom is 0.123 e. The lowest BCUT2D eigenvalue weighted by molar-refractivity contribution is 0.411. The Hall–Kier alpha value is -2.02. The van der Waals surface area contributed by atoms with E-state index in [1.54, 1.807) is 13.2 Å². The Bertz CT molecular complexity index is 379. The molecule has 0 bridgehead atoms. The summed E-state index contributed by atoms with van der Waals surface area (Å²) in [6.45, 7) is 0. The third kappa shape index (κ3) is 2.23. The monoisotopic (exact) mass is 189 g/mol. The van der Waals surface area contributed by atoms with Crippen LogP contribution in [-0.2, 0) is 6.42 Å². The maximum absolute atomic E-state index is 8.60. The summed E-state index contributed by atoms with van der Waals surface area (Å²) in [5.74, 6) is 5.74. The number of hydrogen-bond donors (Lipinski definition) is 1. The van der Waals surface area contributed by atoms with E-state index in [-0.39, 0.29) is 0 Å². The molecule has 0 aliphatic heterocycles. The van der Waals surface area contributed by atoms with Gasteiger partial charge in [0.2, 0.25) is 0 Å². The average molecular weight is 189 g/mol. The van der Waals surface area contributed by atoms with Gasteiger partial charge in [-0.25, -0.2) is 0 Å². The van der Waals surface area contributed by atoms with Gasteiger partial charge in [0.05, 0.1) is 25.8 Å². The number of ether oxygens (including phenoxy) is 1. The average Bonchev–Trinajstić information content (AvgIpc) is 2.19. The zero-order valence-corrected chi connectivity index (χ0v) is 7.90. The fraction of sp³-hybridized carbons (Fsp3) is 0.200. The Morgan fingerprint density at radius 3 is 3.00 bits per heavy atom. The van der Waals surface area contributed by atoms with E-state index in [1.807, 2.05) is 12.1 Å². The third-order valence-electron chi connectivity index (χ3n) is 1.80. The van der Waals surface area contributed by atoms with Crippen molar-refractivity contribution in [1.82, 2.24) is 0 Å². The highest BCUT2D eigenvalue weighted by Crippen LogP contribution is 2.19. The highest BCUT2D eigenvalue weighted by molar-refractivity contribution is 5.80. The van der Waals surface area contributed by atoms with Crippen LogP contribution in [0.4, 0.5) is 0 Å². The number of methoxy groups -OCH3 is 1. The molecule has 0 spiro atoms. The van der Waals surface area contributed by atoms with Crippen molar-refractivity contribution < 1.29 is 4.74 Å². The van der Waals surface area contributed by atoms with Crippen molar-refractivity contribution in [2.24, 2.45) is 10.9 Å². The van der Waals surface area contributed by atoms with Gasteiger partial charge in [-0.05, 0) is 23.8 Å². The van der Waals surface area contributed by atoms with Gasteiger partial charge < -0.3 is 10.6 Å². The predicted octanol–water partition coefficient (Wildman–Crippen LogP) is 1.05. The molecule has 0 radical (unpaired) electrons. The van der Waals surface area contributed by atoms with Gasteiger partial charge in [0.25, 0.3) is 0 Å². The molecule has 0 unspecified atom stereocenters. The van der Waals surface area contributed by atoms with Crippen LogP contribution in [0.3, 0.4) is 0 Å². The second-order valence-electron chi connectivity index (χ2n) is 2.68. The van der Waals surface area contributed by atoms with Gasteiger partial charge in [0.1, 0.15) is 5.75 Å². The van der Waals surface area contributed by atoms with E-state index in [9.17, 15) is 0 Å². The minimum absolute atomic E-state index is 0.315. The molecular weight excluding hydrogens is 178 g/mol. The Morgan fingerprint density at radius 2 is 2.43 bits per heavy atom. The lowest BCUT2D eigenvalue weighted by Crippen LogP contribution is -1.94. The fourth-order valence-corrected chi connectivity index (χ4v) is 1.19. The van der Waals surface area contributed by atoms with E-state index >= 15 is 0 Å². The second kappa shape index (κ2) is 4.87. The van der Waals surface area contributed by atoms with E-state index in [0.29, 0.717) is 12.2 Å². The molecule has 1 rings (SSSR count). The normalized spacial score (nSPS) is 10.0. The molecular formula is C10H11N3O. The molecule has 0 atom stereocenters. The summed E-state index contributed by atoms with van der Waals surface area (Å²) < 4.78 is 5.10. The van der Waals surface area contributed by atoms with Crippen LogP contribution < -0.4 is 10.6 Å². The zero-order chi connectivity index (χ0) is 10.4. The molecule has 0 saturated heterocycles. The summed E-state index contributed by atoms with van der Waals surface area (Å²) in [5, 5.41) is 12.0. The molecule has 0 amide bonds. The van der Waals surface area contributed by atoms with Crippen LogP contribution in [0.1, 0.15) is 11.1 Å². The van der Waals surface area contributed by atoms with Crippen LogP contribution in [0.2, 0.25) is 0 Å². The smallest absolute Gasteiger partial charge is 0.123 e. The molecule has 0 fully saturated rings. The molecule has 0 aliphatic carbocycles. The number of benzene rings is 1. The molecule has 4 heteroatoms. The maximum atomic E-state index is 8.60. The second-order valence-corrected chi connectivity index (χ2v) is 2.68. The van der Waals surface area contributed by atoms with E-state index in [2.05, 4.69) is 11.2 Å². The molecule has 0 heterocycles. The van der Waals surface area contributed by atoms with E-state index in [1.165, 1.54) is 6.21 Å². The summed E-state index contributed by atoms with van der Waals surface area (Å²) >= 11 is 0. The van der Waals surface area contributed by atoms with Gasteiger partial charge in [-0.3, -0.25) is 0 Å². The molecule has 72 valence electrons. The van der Waals surface area contributed by atoms with Crippen molar-refractivity contribution >= 4 is 6.21 Å². The van der Waals surface area contributed by atoms with Crippen molar-refractivity contribution in [3.8, 4) is 11.8 Å². The lowest BCUT2D eigenvalue weighted by Gasteiger charge is -2.05. The van der Waals surface area contributed by atoms with Crippen molar-refractivity contribution in [3.05, 3.63) is 29.3 Å². The van der Waals surface area contributed by atoms with Gasteiger partial charge in [-0.1, -0.05) is 0 Å². The van der Waals surface area contributed by atoms with Gasteiger partial charge in [-0.15, -0.1) is 0 Å². The van der Waals surface area contributed by atoms with Crippen LogP contribution in [0.5, 0.6) is 5.75 Å². The van der Waals surface area contributed by atoms with Crippen LogP contribution in [0, 0.1) is 11.3 Å². The highest BCUT2D eigenvalue weighted by Gasteiger charge is 2.02. The summed E-state index contributed by atoms with van der Waals surface area (Å²) in [5.41, 5.74) is 1.70. The van der Waals surface area contributed by atoms with Crippen LogP contribution >= 0.6 is 0 Å². The van der Waals surface area contributed by atoms with Gasteiger partial charge in [-0.2, -0.15) is 10.4 Å². The first-order valence-corrected chi connectivity index (χ1v) is 4.09. The van der Waals surface area contributed by atoms with Gasteiger partial charge in [0.15, 0.2) is 0 Å². The van der Waals surface area contributed by atoms with Crippen LogP contribution in [0.15, 0.2) is 23.3 Å². The molecule has 0 aromatic heterocycles. The number of nitriles is 1. The first-order chi connectivity index (χ1) is 6.81. The first kappa shape index (κ1) is 10.1. The van der Waals surface area contributed by atoms with Gasteiger partial charge in [0, 0.05) is 5.56 Å². The molecule has 1 aromatic carbocycles. The third-order valence-corrected chi connectivity index (χ3v) is 1.80. The quantitative estimate of drug-likeness (QED) is 0.439. The Kier molecular flexibility index (Phi) is 3.50. The molecule has 14 heavy (non-hydrogen) atoms. The Labute approximate surface area is 82.6 Å². The Balaban J connectivity index is 3.08. The summed E-state index contributed by atoms with van der Waals surface area (Å²) in [6, 6.07) is 7.53. The minimum atomic E-state index is 0.315. The minimum Gasteiger partial charge on any atom is -0.496 e. The molecule has 0 saturated carbocycles. The SMILES string of the molecule is COc1ccc(C=NN)cc1CC#N. The fourth-order valence-electron chi connectivity index (χ4n) is 1.19. The van der Waals surface area contributed by atoms with E-state index in [4.69, 9.17) is 15.8 Å².